The number of benzene rings is 4. The second-order valence-corrected chi connectivity index (χ2v) is 20.6. The normalized spacial score (nSPS) is 15.5. The van der Waals surface area contributed by atoms with E-state index in [-0.39, 0.29) is 14.6 Å². The number of halogens is 10. The Morgan fingerprint density at radius 2 is 0.952 bits per heavy atom. The van der Waals surface area contributed by atoms with Crippen LogP contribution < -0.4 is 9.47 Å². The van der Waals surface area contributed by atoms with Crippen LogP contribution in [0.3, 0.4) is 0 Å². The van der Waals surface area contributed by atoms with Gasteiger partial charge in [-0.25, -0.2) is 0 Å². The topological polar surface area (TPSA) is 18.5 Å². The minimum Gasteiger partial charge on any atom is -0.490 e. The maximum absolute atomic E-state index is 6.38. The van der Waals surface area contributed by atoms with Gasteiger partial charge < -0.3 is 9.47 Å². The highest BCUT2D eigenvalue weighted by atomic mass is 79.9. The standard InChI is InChI=1S/C30H24Br10O2/c1-14(15-4-17-8-21(35)25(37)27(23(17)19(33)6-15)41-12-29(2,39)10-31)16-5-18-9-22(36)26(38)28(24(18)20(34)7-16)42-13-30(3,40)11-32/h4-9,14H,10-13H2,1-3H3. The summed E-state index contributed by atoms with van der Waals surface area (Å²) >= 11 is 37.3. The molecule has 0 amide bonds. The van der Waals surface area contributed by atoms with E-state index in [2.05, 4.69) is 216 Å². The molecule has 226 valence electrons. The summed E-state index contributed by atoms with van der Waals surface area (Å²) in [6.07, 6.45) is 0. The summed E-state index contributed by atoms with van der Waals surface area (Å²) in [5, 5.41) is 5.74. The van der Waals surface area contributed by atoms with Crippen LogP contribution >= 0.6 is 159 Å². The van der Waals surface area contributed by atoms with Gasteiger partial charge in [-0.05, 0) is 124 Å². The number of hydrogen-bond acceptors (Lipinski definition) is 2. The number of alkyl halides is 4. The molecule has 0 aromatic heterocycles. The van der Waals surface area contributed by atoms with E-state index >= 15 is 0 Å². The molecule has 0 N–H and O–H groups in total. The lowest BCUT2D eigenvalue weighted by Gasteiger charge is -2.23. The summed E-state index contributed by atoms with van der Waals surface area (Å²) in [6.45, 7) is 7.43. The van der Waals surface area contributed by atoms with E-state index in [4.69, 9.17) is 9.47 Å². The molecule has 4 rings (SSSR count). The van der Waals surface area contributed by atoms with Gasteiger partial charge in [-0.2, -0.15) is 0 Å². The molecule has 2 nitrogen and oxygen atoms in total. The third-order valence-electron chi connectivity index (χ3n) is 6.71. The molecule has 4 aromatic carbocycles. The van der Waals surface area contributed by atoms with E-state index in [9.17, 15) is 0 Å². The van der Waals surface area contributed by atoms with Crippen LogP contribution in [0.15, 0.2) is 63.2 Å². The van der Waals surface area contributed by atoms with E-state index < -0.39 is 0 Å². The molecule has 42 heavy (non-hydrogen) atoms. The molecule has 12 heteroatoms. The van der Waals surface area contributed by atoms with Crippen LogP contribution in [0.2, 0.25) is 0 Å². The summed E-state index contributed by atoms with van der Waals surface area (Å²) in [4.78, 5) is 0. The largest absolute Gasteiger partial charge is 0.490 e. The molecule has 0 spiro atoms. The van der Waals surface area contributed by atoms with Gasteiger partial charge >= 0.3 is 0 Å². The Morgan fingerprint density at radius 3 is 1.29 bits per heavy atom. The SMILES string of the molecule is CC(c1cc(Br)c2c(OCC(C)(Br)CBr)c(Br)c(Br)cc2c1)c1cc(Br)c2c(OCC(C)(Br)CBr)c(Br)c(Br)cc2c1. The van der Waals surface area contributed by atoms with Crippen LogP contribution in [0.4, 0.5) is 0 Å². The number of ether oxygens (including phenoxy) is 2. The molecule has 0 aliphatic heterocycles. The zero-order valence-electron chi connectivity index (χ0n) is 22.5. The Hall–Kier alpha value is 1.80. The van der Waals surface area contributed by atoms with Crippen LogP contribution in [0.25, 0.3) is 21.5 Å². The summed E-state index contributed by atoms with van der Waals surface area (Å²) in [7, 11) is 0. The summed E-state index contributed by atoms with van der Waals surface area (Å²) < 4.78 is 18.0. The molecular formula is C30H24Br10O2. The Kier molecular flexibility index (Phi) is 13.0. The monoisotopic (exact) mass is 1210 g/mol. The van der Waals surface area contributed by atoms with E-state index in [1.54, 1.807) is 0 Å². The second kappa shape index (κ2) is 14.9. The molecule has 0 saturated heterocycles. The van der Waals surface area contributed by atoms with Crippen molar-refractivity contribution in [1.29, 1.82) is 0 Å². The molecule has 4 aromatic rings. The first-order valence-corrected chi connectivity index (χ1v) is 21.2. The van der Waals surface area contributed by atoms with E-state index in [0.29, 0.717) is 13.2 Å². The minimum absolute atomic E-state index is 0.114. The molecule has 0 heterocycles. The van der Waals surface area contributed by atoms with Crippen molar-refractivity contribution in [3.05, 3.63) is 74.4 Å². The highest BCUT2D eigenvalue weighted by Gasteiger charge is 2.25. The smallest absolute Gasteiger partial charge is 0.143 e. The van der Waals surface area contributed by atoms with Gasteiger partial charge in [0.2, 0.25) is 0 Å². The lowest BCUT2D eigenvalue weighted by atomic mass is 9.90. The van der Waals surface area contributed by atoms with Crippen molar-refractivity contribution in [2.75, 3.05) is 23.9 Å². The zero-order valence-corrected chi connectivity index (χ0v) is 38.3. The van der Waals surface area contributed by atoms with Gasteiger partial charge in [0.05, 0.1) is 17.6 Å². The van der Waals surface area contributed by atoms with Gasteiger partial charge in [0.15, 0.2) is 0 Å². The van der Waals surface area contributed by atoms with Crippen LogP contribution in [0, 0.1) is 0 Å². The third kappa shape index (κ3) is 8.26. The molecule has 0 aliphatic rings. The van der Waals surface area contributed by atoms with Gasteiger partial charge in [0.25, 0.3) is 0 Å². The maximum atomic E-state index is 6.38. The second-order valence-electron chi connectivity index (χ2n) is 10.6. The van der Waals surface area contributed by atoms with Crippen molar-refractivity contribution in [2.45, 2.75) is 35.3 Å². The number of fused-ring (bicyclic) bond motifs is 2. The molecule has 2 unspecified atom stereocenters. The highest BCUT2D eigenvalue weighted by Crippen LogP contribution is 2.47. The molecule has 2 atom stereocenters. The summed E-state index contributed by atoms with van der Waals surface area (Å²) in [5.74, 6) is 1.71. The Bertz CT molecular complexity index is 1530. The maximum Gasteiger partial charge on any atom is 0.143 e. The zero-order chi connectivity index (χ0) is 31.1. The first kappa shape index (κ1) is 36.6. The lowest BCUT2D eigenvalue weighted by Crippen LogP contribution is -2.27. The highest BCUT2D eigenvalue weighted by molar-refractivity contribution is 9.14. The van der Waals surface area contributed by atoms with E-state index in [0.717, 1.165) is 70.5 Å². The molecule has 0 aliphatic carbocycles. The van der Waals surface area contributed by atoms with Crippen molar-refractivity contribution < 1.29 is 9.47 Å². The van der Waals surface area contributed by atoms with E-state index in [1.807, 2.05) is 0 Å². The van der Waals surface area contributed by atoms with Crippen molar-refractivity contribution in [3.63, 3.8) is 0 Å². The molecule has 0 saturated carbocycles. The van der Waals surface area contributed by atoms with Gasteiger partial charge in [0.1, 0.15) is 24.7 Å². The van der Waals surface area contributed by atoms with Crippen LogP contribution in [-0.2, 0) is 0 Å². The van der Waals surface area contributed by atoms with Gasteiger partial charge in [-0.1, -0.05) is 115 Å². The quantitative estimate of drug-likeness (QED) is 0.147. The van der Waals surface area contributed by atoms with E-state index in [1.165, 1.54) is 11.1 Å². The predicted octanol–water partition coefficient (Wildman–Crippen LogP) is 14.6. The average Bonchev–Trinajstić information content (AvgIpc) is 2.93. The van der Waals surface area contributed by atoms with Gasteiger partial charge in [0, 0.05) is 45.2 Å². The molecular weight excluding hydrogens is 1190 g/mol. The van der Waals surface area contributed by atoms with Gasteiger partial charge in [-0.15, -0.1) is 0 Å². The average molecular weight is 1220 g/mol. The molecule has 0 radical (unpaired) electrons. The fraction of sp³-hybridized carbons (Fsp3) is 0.333. The van der Waals surface area contributed by atoms with Crippen LogP contribution in [-0.4, -0.2) is 32.5 Å². The first-order chi connectivity index (χ1) is 19.6. The Morgan fingerprint density at radius 1 is 0.595 bits per heavy atom. The number of rotatable bonds is 10. The van der Waals surface area contributed by atoms with Crippen molar-refractivity contribution >= 4 is 181 Å². The van der Waals surface area contributed by atoms with Crippen LogP contribution in [0.5, 0.6) is 11.5 Å². The summed E-state index contributed by atoms with van der Waals surface area (Å²) in [5.41, 5.74) is 2.37. The minimum atomic E-state index is -0.192. The van der Waals surface area contributed by atoms with Crippen LogP contribution in [0.1, 0.15) is 37.8 Å². The van der Waals surface area contributed by atoms with Gasteiger partial charge in [-0.3, -0.25) is 0 Å². The fourth-order valence-electron chi connectivity index (χ4n) is 4.33. The molecule has 0 bridgehead atoms. The fourth-order valence-corrected chi connectivity index (χ4v) is 7.94. The Labute approximate surface area is 330 Å². The third-order valence-corrected chi connectivity index (χ3v) is 16.9. The molecule has 0 fully saturated rings. The first-order valence-electron chi connectivity index (χ1n) is 12.6. The van der Waals surface area contributed by atoms with Crippen molar-refractivity contribution in [2.24, 2.45) is 0 Å². The van der Waals surface area contributed by atoms with Crippen molar-refractivity contribution in [3.8, 4) is 11.5 Å². The number of hydrogen-bond donors (Lipinski definition) is 0. The Balaban J connectivity index is 1.79. The lowest BCUT2D eigenvalue weighted by molar-refractivity contribution is 0.294. The van der Waals surface area contributed by atoms with Crippen molar-refractivity contribution in [1.82, 2.24) is 0 Å². The predicted molar refractivity (Wildman–Crippen MR) is 215 cm³/mol. The summed E-state index contributed by atoms with van der Waals surface area (Å²) in [6, 6.07) is 13.1.